The lowest BCUT2D eigenvalue weighted by atomic mass is 10.0. The van der Waals surface area contributed by atoms with Gasteiger partial charge in [0.15, 0.2) is 0 Å². The molecule has 2 aliphatic rings. The fraction of sp³-hybridized carbons (Fsp3) is 1.00. The Morgan fingerprint density at radius 2 is 1.88 bits per heavy atom. The lowest BCUT2D eigenvalue weighted by molar-refractivity contribution is 0.148. The Balaban J connectivity index is 1.79. The topological polar surface area (TPSA) is 15.3 Å². The van der Waals surface area contributed by atoms with E-state index in [1.165, 1.54) is 50.9 Å². The molecule has 2 rings (SSSR count). The summed E-state index contributed by atoms with van der Waals surface area (Å²) in [4.78, 5) is 2.79. The van der Waals surface area contributed by atoms with Crippen molar-refractivity contribution in [2.45, 2.75) is 63.3 Å². The number of nitrogens with zero attached hydrogens (tertiary/aromatic N) is 1. The first kappa shape index (κ1) is 13.7. The van der Waals surface area contributed by atoms with Gasteiger partial charge in [0.1, 0.15) is 0 Å². The van der Waals surface area contributed by atoms with Gasteiger partial charge >= 0.3 is 0 Å². The van der Waals surface area contributed by atoms with Gasteiger partial charge in [-0.15, -0.1) is 0 Å². The first-order valence-corrected chi connectivity index (χ1v) is 8.49. The molecule has 100 valence electrons. The number of piperidine rings is 1. The molecule has 0 aromatic carbocycles. The monoisotopic (exact) mass is 256 g/mol. The summed E-state index contributed by atoms with van der Waals surface area (Å²) >= 11 is 2.19. The minimum atomic E-state index is 0.787. The Hall–Kier alpha value is 0.270. The van der Waals surface area contributed by atoms with Crippen molar-refractivity contribution in [1.82, 2.24) is 10.2 Å². The maximum absolute atomic E-state index is 3.60. The molecule has 2 nitrogen and oxygen atoms in total. The van der Waals surface area contributed by atoms with E-state index in [2.05, 4.69) is 35.8 Å². The molecule has 2 unspecified atom stereocenters. The summed E-state index contributed by atoms with van der Waals surface area (Å²) in [6.07, 6.45) is 7.07. The van der Waals surface area contributed by atoms with E-state index in [1.807, 2.05) is 0 Å². The van der Waals surface area contributed by atoms with Crippen LogP contribution in [0.15, 0.2) is 0 Å². The van der Waals surface area contributed by atoms with Crippen LogP contribution in [-0.2, 0) is 0 Å². The van der Waals surface area contributed by atoms with Crippen molar-refractivity contribution in [2.75, 3.05) is 25.4 Å². The Bertz CT molecular complexity index is 214. The van der Waals surface area contributed by atoms with E-state index in [0.717, 1.165) is 23.9 Å². The van der Waals surface area contributed by atoms with Crippen LogP contribution in [0.2, 0.25) is 0 Å². The summed E-state index contributed by atoms with van der Waals surface area (Å²) in [5.74, 6) is 1.29. The molecular formula is C14H28N2S. The van der Waals surface area contributed by atoms with Gasteiger partial charge in [-0.2, -0.15) is 11.8 Å². The van der Waals surface area contributed by atoms with E-state index in [9.17, 15) is 0 Å². The third-order valence-electron chi connectivity index (χ3n) is 4.29. The van der Waals surface area contributed by atoms with E-state index in [-0.39, 0.29) is 0 Å². The van der Waals surface area contributed by atoms with Crippen molar-refractivity contribution in [1.29, 1.82) is 0 Å². The van der Waals surface area contributed by atoms with Crippen LogP contribution in [0.5, 0.6) is 0 Å². The van der Waals surface area contributed by atoms with Crippen LogP contribution in [0.1, 0.15) is 46.0 Å². The molecule has 0 radical (unpaired) electrons. The summed E-state index contributed by atoms with van der Waals surface area (Å²) in [7, 11) is 0. The molecule has 2 atom stereocenters. The fourth-order valence-corrected chi connectivity index (χ4v) is 4.75. The second-order valence-corrected chi connectivity index (χ2v) is 6.88. The van der Waals surface area contributed by atoms with Gasteiger partial charge in [0.05, 0.1) is 0 Å². The zero-order chi connectivity index (χ0) is 12.1. The van der Waals surface area contributed by atoms with Gasteiger partial charge in [-0.3, -0.25) is 4.90 Å². The number of nitrogens with one attached hydrogen (secondary N) is 1. The Morgan fingerprint density at radius 1 is 1.12 bits per heavy atom. The van der Waals surface area contributed by atoms with E-state index in [1.54, 1.807) is 0 Å². The van der Waals surface area contributed by atoms with Gasteiger partial charge in [-0.05, 0) is 51.1 Å². The first-order chi connectivity index (χ1) is 8.35. The van der Waals surface area contributed by atoms with E-state index >= 15 is 0 Å². The maximum atomic E-state index is 3.60. The molecule has 1 heterocycles. The average molecular weight is 256 g/mol. The molecular weight excluding hydrogens is 228 g/mol. The fourth-order valence-electron chi connectivity index (χ4n) is 3.46. The van der Waals surface area contributed by atoms with Crippen LogP contribution in [0.25, 0.3) is 0 Å². The minimum Gasteiger partial charge on any atom is -0.314 e. The number of rotatable bonds is 5. The predicted octanol–water partition coefficient (Wildman–Crippen LogP) is 2.73. The van der Waals surface area contributed by atoms with Gasteiger partial charge in [-0.1, -0.05) is 20.3 Å². The van der Waals surface area contributed by atoms with Crippen LogP contribution in [0.4, 0.5) is 0 Å². The van der Waals surface area contributed by atoms with Crippen molar-refractivity contribution in [3.05, 3.63) is 0 Å². The van der Waals surface area contributed by atoms with Crippen LogP contribution < -0.4 is 5.32 Å². The second-order valence-electron chi connectivity index (χ2n) is 5.36. The van der Waals surface area contributed by atoms with Crippen LogP contribution in [-0.4, -0.2) is 47.6 Å². The van der Waals surface area contributed by atoms with Crippen molar-refractivity contribution < 1.29 is 0 Å². The zero-order valence-electron chi connectivity index (χ0n) is 11.5. The molecule has 0 aromatic heterocycles. The summed E-state index contributed by atoms with van der Waals surface area (Å²) in [6.45, 7) is 8.29. The van der Waals surface area contributed by atoms with Gasteiger partial charge < -0.3 is 5.32 Å². The smallest absolute Gasteiger partial charge is 0.0214 e. The third kappa shape index (κ3) is 3.62. The van der Waals surface area contributed by atoms with Crippen molar-refractivity contribution in [3.63, 3.8) is 0 Å². The first-order valence-electron chi connectivity index (χ1n) is 7.44. The molecule has 1 saturated carbocycles. The number of hydrogen-bond acceptors (Lipinski definition) is 3. The van der Waals surface area contributed by atoms with Crippen LogP contribution >= 0.6 is 11.8 Å². The SMILES string of the molecule is CCNC1CCN(C2CCCC2SCC)CC1. The molecule has 1 N–H and O–H groups in total. The molecule has 1 aliphatic heterocycles. The summed E-state index contributed by atoms with van der Waals surface area (Å²) in [5, 5.41) is 4.53. The second kappa shape index (κ2) is 7.01. The normalized spacial score (nSPS) is 32.1. The summed E-state index contributed by atoms with van der Waals surface area (Å²) < 4.78 is 0. The molecule has 0 amide bonds. The lowest BCUT2D eigenvalue weighted by Crippen LogP contribution is -2.48. The highest BCUT2D eigenvalue weighted by Crippen LogP contribution is 2.34. The number of hydrogen-bond donors (Lipinski definition) is 1. The molecule has 1 saturated heterocycles. The van der Waals surface area contributed by atoms with Crippen molar-refractivity contribution in [3.8, 4) is 0 Å². The third-order valence-corrected chi connectivity index (χ3v) is 5.60. The number of likely N-dealkylation sites (tertiary alicyclic amines) is 1. The highest BCUT2D eigenvalue weighted by Gasteiger charge is 2.33. The van der Waals surface area contributed by atoms with E-state index in [4.69, 9.17) is 0 Å². The van der Waals surface area contributed by atoms with Crippen molar-refractivity contribution >= 4 is 11.8 Å². The molecule has 0 aromatic rings. The molecule has 0 bridgehead atoms. The van der Waals surface area contributed by atoms with Gasteiger partial charge in [-0.25, -0.2) is 0 Å². The highest BCUT2D eigenvalue weighted by molar-refractivity contribution is 7.99. The Kier molecular flexibility index (Phi) is 5.64. The standard InChI is InChI=1S/C14H28N2S/c1-3-15-12-8-10-16(11-9-12)13-6-5-7-14(13)17-4-2/h12-15H,3-11H2,1-2H3. The van der Waals surface area contributed by atoms with E-state index < -0.39 is 0 Å². The molecule has 0 spiro atoms. The molecule has 17 heavy (non-hydrogen) atoms. The zero-order valence-corrected chi connectivity index (χ0v) is 12.3. The predicted molar refractivity (Wildman–Crippen MR) is 77.8 cm³/mol. The molecule has 3 heteroatoms. The van der Waals surface area contributed by atoms with Gasteiger partial charge in [0.2, 0.25) is 0 Å². The van der Waals surface area contributed by atoms with Crippen LogP contribution in [0, 0.1) is 0 Å². The van der Waals surface area contributed by atoms with E-state index in [0.29, 0.717) is 0 Å². The van der Waals surface area contributed by atoms with Gasteiger partial charge in [0, 0.05) is 17.3 Å². The lowest BCUT2D eigenvalue weighted by Gasteiger charge is -2.38. The molecule has 2 fully saturated rings. The summed E-state index contributed by atoms with van der Waals surface area (Å²) in [6, 6.07) is 1.68. The Morgan fingerprint density at radius 3 is 2.53 bits per heavy atom. The maximum Gasteiger partial charge on any atom is 0.0214 e. The summed E-state index contributed by atoms with van der Waals surface area (Å²) in [5.41, 5.74) is 0. The quantitative estimate of drug-likeness (QED) is 0.814. The minimum absolute atomic E-state index is 0.787. The highest BCUT2D eigenvalue weighted by atomic mass is 32.2. The Labute approximate surface area is 111 Å². The largest absolute Gasteiger partial charge is 0.314 e. The van der Waals surface area contributed by atoms with Crippen LogP contribution in [0.3, 0.4) is 0 Å². The number of thioether (sulfide) groups is 1. The van der Waals surface area contributed by atoms with Gasteiger partial charge in [0.25, 0.3) is 0 Å². The molecule has 1 aliphatic carbocycles. The van der Waals surface area contributed by atoms with Crippen molar-refractivity contribution in [2.24, 2.45) is 0 Å². The average Bonchev–Trinajstić information content (AvgIpc) is 2.79.